The SMILES string of the molecule is CC1OS(=O)(=O)CC1CC1COS(=O)(=O)C1. The van der Waals surface area contributed by atoms with Crippen molar-refractivity contribution in [3.8, 4) is 0 Å². The molecule has 0 saturated carbocycles. The maximum atomic E-state index is 11.2. The molecule has 16 heavy (non-hydrogen) atoms. The second kappa shape index (κ2) is 3.94. The summed E-state index contributed by atoms with van der Waals surface area (Å²) in [5, 5.41) is 0. The summed E-state index contributed by atoms with van der Waals surface area (Å²) in [4.78, 5) is 0. The van der Waals surface area contributed by atoms with Crippen LogP contribution in [0.3, 0.4) is 0 Å². The summed E-state index contributed by atoms with van der Waals surface area (Å²) in [7, 11) is -6.78. The van der Waals surface area contributed by atoms with Gasteiger partial charge < -0.3 is 0 Å². The van der Waals surface area contributed by atoms with Crippen LogP contribution >= 0.6 is 0 Å². The quantitative estimate of drug-likeness (QED) is 0.641. The summed E-state index contributed by atoms with van der Waals surface area (Å²) in [5.74, 6) is -0.290. The minimum Gasteiger partial charge on any atom is -0.270 e. The second-order valence-electron chi connectivity index (χ2n) is 4.40. The van der Waals surface area contributed by atoms with Gasteiger partial charge in [0.25, 0.3) is 20.2 Å². The van der Waals surface area contributed by atoms with Gasteiger partial charge in [-0.15, -0.1) is 0 Å². The topological polar surface area (TPSA) is 86.7 Å². The van der Waals surface area contributed by atoms with Gasteiger partial charge in [0.2, 0.25) is 0 Å². The van der Waals surface area contributed by atoms with Crippen LogP contribution in [0, 0.1) is 11.8 Å². The zero-order valence-corrected chi connectivity index (χ0v) is 10.5. The average Bonchev–Trinajstić information content (AvgIpc) is 2.53. The molecule has 2 saturated heterocycles. The molecular formula is C8H14O6S2. The van der Waals surface area contributed by atoms with E-state index in [-0.39, 0.29) is 36.1 Å². The van der Waals surface area contributed by atoms with Gasteiger partial charge in [-0.2, -0.15) is 16.8 Å². The Bertz CT molecular complexity index is 465. The molecule has 2 fully saturated rings. The van der Waals surface area contributed by atoms with E-state index in [9.17, 15) is 16.8 Å². The Hall–Kier alpha value is -0.180. The molecule has 0 bridgehead atoms. The first-order valence-electron chi connectivity index (χ1n) is 5.05. The summed E-state index contributed by atoms with van der Waals surface area (Å²) in [5.41, 5.74) is 0. The van der Waals surface area contributed by atoms with Gasteiger partial charge >= 0.3 is 0 Å². The van der Waals surface area contributed by atoms with Crippen molar-refractivity contribution in [1.29, 1.82) is 0 Å². The lowest BCUT2D eigenvalue weighted by atomic mass is 9.94. The molecule has 3 atom stereocenters. The minimum atomic E-state index is -3.41. The molecule has 8 heteroatoms. The molecule has 0 aliphatic carbocycles. The fourth-order valence-corrected chi connectivity index (χ4v) is 5.09. The smallest absolute Gasteiger partial charge is 0.267 e. The molecule has 3 unspecified atom stereocenters. The third-order valence-corrected chi connectivity index (χ3v) is 5.75. The molecule has 2 aliphatic rings. The third kappa shape index (κ3) is 2.73. The van der Waals surface area contributed by atoms with Gasteiger partial charge in [0.15, 0.2) is 0 Å². The summed E-state index contributed by atoms with van der Waals surface area (Å²) in [6.07, 6.45) is 0.146. The van der Waals surface area contributed by atoms with Crippen LogP contribution in [0.4, 0.5) is 0 Å². The predicted molar refractivity (Wildman–Crippen MR) is 55.7 cm³/mol. The van der Waals surface area contributed by atoms with Crippen LogP contribution in [-0.4, -0.2) is 41.1 Å². The summed E-state index contributed by atoms with van der Waals surface area (Å²) >= 11 is 0. The maximum Gasteiger partial charge on any atom is 0.267 e. The Labute approximate surface area is 95.2 Å². The van der Waals surface area contributed by atoms with E-state index >= 15 is 0 Å². The van der Waals surface area contributed by atoms with Gasteiger partial charge in [0.05, 0.1) is 24.2 Å². The zero-order chi connectivity index (χ0) is 12.0. The first kappa shape index (κ1) is 12.3. The molecule has 2 aliphatic heterocycles. The molecule has 94 valence electrons. The molecule has 6 nitrogen and oxygen atoms in total. The summed E-state index contributed by atoms with van der Waals surface area (Å²) in [6, 6.07) is 0. The third-order valence-electron chi connectivity index (χ3n) is 2.94. The van der Waals surface area contributed by atoms with Crippen molar-refractivity contribution in [3.63, 3.8) is 0 Å². The van der Waals surface area contributed by atoms with E-state index in [0.717, 1.165) is 0 Å². The van der Waals surface area contributed by atoms with Gasteiger partial charge in [-0.05, 0) is 13.3 Å². The molecule has 0 aromatic rings. The predicted octanol–water partition coefficient (Wildman–Crippen LogP) is -0.283. The van der Waals surface area contributed by atoms with E-state index in [1.54, 1.807) is 6.92 Å². The van der Waals surface area contributed by atoms with Crippen molar-refractivity contribution in [2.75, 3.05) is 18.1 Å². The Balaban J connectivity index is 1.97. The Morgan fingerprint density at radius 3 is 2.25 bits per heavy atom. The van der Waals surface area contributed by atoms with Gasteiger partial charge in [-0.3, -0.25) is 8.37 Å². The zero-order valence-electron chi connectivity index (χ0n) is 8.83. The van der Waals surface area contributed by atoms with Crippen LogP contribution in [0.2, 0.25) is 0 Å². The second-order valence-corrected chi connectivity index (χ2v) is 7.72. The lowest BCUT2D eigenvalue weighted by Crippen LogP contribution is -2.19. The number of rotatable bonds is 2. The van der Waals surface area contributed by atoms with Crippen LogP contribution in [0.1, 0.15) is 13.3 Å². The molecule has 0 amide bonds. The van der Waals surface area contributed by atoms with Crippen LogP contribution in [0.25, 0.3) is 0 Å². The highest BCUT2D eigenvalue weighted by molar-refractivity contribution is 7.87. The van der Waals surface area contributed by atoms with E-state index < -0.39 is 20.2 Å². The normalized spacial score (nSPS) is 41.2. The number of hydrogen-bond acceptors (Lipinski definition) is 6. The Morgan fingerprint density at radius 1 is 1.12 bits per heavy atom. The highest BCUT2D eigenvalue weighted by Gasteiger charge is 2.39. The van der Waals surface area contributed by atoms with Crippen LogP contribution in [0.15, 0.2) is 0 Å². The van der Waals surface area contributed by atoms with Gasteiger partial charge in [-0.1, -0.05) is 0 Å². The van der Waals surface area contributed by atoms with E-state index in [1.165, 1.54) is 0 Å². The Kier molecular flexibility index (Phi) is 3.02. The van der Waals surface area contributed by atoms with Crippen molar-refractivity contribution in [2.24, 2.45) is 11.8 Å². The molecular weight excluding hydrogens is 256 g/mol. The van der Waals surface area contributed by atoms with Gasteiger partial charge in [-0.25, -0.2) is 0 Å². The largest absolute Gasteiger partial charge is 0.270 e. The fraction of sp³-hybridized carbons (Fsp3) is 1.00. The Morgan fingerprint density at radius 2 is 1.81 bits per heavy atom. The molecule has 2 rings (SSSR count). The lowest BCUT2D eigenvalue weighted by Gasteiger charge is -2.14. The van der Waals surface area contributed by atoms with Crippen molar-refractivity contribution < 1.29 is 25.2 Å². The van der Waals surface area contributed by atoms with Crippen molar-refractivity contribution >= 4 is 20.2 Å². The van der Waals surface area contributed by atoms with Crippen molar-refractivity contribution in [1.82, 2.24) is 0 Å². The van der Waals surface area contributed by atoms with Gasteiger partial charge in [0.1, 0.15) is 0 Å². The van der Waals surface area contributed by atoms with E-state index in [0.29, 0.717) is 6.42 Å². The highest BCUT2D eigenvalue weighted by Crippen LogP contribution is 2.31. The summed E-state index contributed by atoms with van der Waals surface area (Å²) in [6.45, 7) is 1.85. The van der Waals surface area contributed by atoms with E-state index in [2.05, 4.69) is 4.18 Å². The first-order chi connectivity index (χ1) is 7.27. The van der Waals surface area contributed by atoms with Crippen LogP contribution < -0.4 is 0 Å². The van der Waals surface area contributed by atoms with Crippen molar-refractivity contribution in [2.45, 2.75) is 19.4 Å². The van der Waals surface area contributed by atoms with E-state index in [1.807, 2.05) is 0 Å². The van der Waals surface area contributed by atoms with Crippen LogP contribution in [-0.2, 0) is 28.6 Å². The van der Waals surface area contributed by atoms with Gasteiger partial charge in [0, 0.05) is 11.8 Å². The maximum absolute atomic E-state index is 11.2. The fourth-order valence-electron chi connectivity index (χ4n) is 2.16. The van der Waals surface area contributed by atoms with E-state index in [4.69, 9.17) is 4.18 Å². The molecule has 0 spiro atoms. The first-order valence-corrected chi connectivity index (χ1v) is 8.21. The van der Waals surface area contributed by atoms with Crippen LogP contribution in [0.5, 0.6) is 0 Å². The summed E-state index contributed by atoms with van der Waals surface area (Å²) < 4.78 is 53.9. The lowest BCUT2D eigenvalue weighted by molar-refractivity contribution is 0.183. The molecule has 2 heterocycles. The monoisotopic (exact) mass is 270 g/mol. The van der Waals surface area contributed by atoms with Crippen molar-refractivity contribution in [3.05, 3.63) is 0 Å². The molecule has 0 aromatic carbocycles. The molecule has 0 radical (unpaired) electrons. The minimum absolute atomic E-state index is 0.0176. The average molecular weight is 270 g/mol. The standard InChI is InChI=1S/C8H14O6S2/c1-6-8(5-16(11,12)14-6)2-7-3-13-15(9,10)4-7/h6-8H,2-5H2,1H3. The number of hydrogen-bond donors (Lipinski definition) is 0. The highest BCUT2D eigenvalue weighted by atomic mass is 32.2. The molecule has 0 aromatic heterocycles. The molecule has 0 N–H and O–H groups in total.